The normalized spacial score (nSPS) is 22.2. The lowest BCUT2D eigenvalue weighted by molar-refractivity contribution is -0.305. The monoisotopic (exact) mass is 286 g/mol. The van der Waals surface area contributed by atoms with E-state index in [0.717, 1.165) is 19.3 Å². The number of carbonyl (C=O) groups is 2. The molecule has 0 radical (unpaired) electrons. The molecule has 0 aliphatic heterocycles. The fraction of sp³-hybridized carbons (Fsp3) is 0.714. The van der Waals surface area contributed by atoms with Gasteiger partial charge < -0.3 is 9.84 Å². The summed E-state index contributed by atoms with van der Waals surface area (Å²) in [6.07, 6.45) is 3.23. The molecule has 0 aromatic heterocycles. The maximum Gasteiger partial charge on any atom is 0.333 e. The van der Waals surface area contributed by atoms with Crippen LogP contribution < -0.4 is 0 Å². The van der Waals surface area contributed by atoms with Crippen molar-refractivity contribution in [3.63, 3.8) is 0 Å². The van der Waals surface area contributed by atoms with Crippen LogP contribution in [0.25, 0.3) is 0 Å². The first-order chi connectivity index (χ1) is 9.50. The maximum atomic E-state index is 11.0. The van der Waals surface area contributed by atoms with Gasteiger partial charge in [0.1, 0.15) is 13.2 Å². The van der Waals surface area contributed by atoms with E-state index in [2.05, 4.69) is 6.58 Å². The largest absolute Gasteiger partial charge is 0.481 e. The van der Waals surface area contributed by atoms with Crippen molar-refractivity contribution < 1.29 is 29.2 Å². The van der Waals surface area contributed by atoms with E-state index < -0.39 is 11.9 Å². The van der Waals surface area contributed by atoms with Crippen LogP contribution in [0.1, 0.15) is 32.6 Å². The number of rotatable bonds is 8. The van der Waals surface area contributed by atoms with Crippen molar-refractivity contribution in [2.24, 2.45) is 11.8 Å². The third-order valence-corrected chi connectivity index (χ3v) is 3.27. The number of carboxylic acid groups (broad SMARTS) is 1. The number of carboxylic acids is 1. The molecule has 1 aliphatic rings. The Bertz CT molecular complexity index is 352. The molecule has 2 atom stereocenters. The van der Waals surface area contributed by atoms with Crippen LogP contribution in [0.15, 0.2) is 12.2 Å². The second kappa shape index (κ2) is 8.71. The average Bonchev–Trinajstić information content (AvgIpc) is 2.42. The Hall–Kier alpha value is -1.40. The van der Waals surface area contributed by atoms with Crippen LogP contribution in [0.2, 0.25) is 0 Å². The van der Waals surface area contributed by atoms with Gasteiger partial charge in [-0.25, -0.2) is 14.6 Å². The topological polar surface area (TPSA) is 82.1 Å². The lowest BCUT2D eigenvalue weighted by Gasteiger charge is -2.25. The predicted molar refractivity (Wildman–Crippen MR) is 70.8 cm³/mol. The molecule has 0 amide bonds. The van der Waals surface area contributed by atoms with Crippen LogP contribution in [0, 0.1) is 11.8 Å². The Morgan fingerprint density at radius 3 is 2.65 bits per heavy atom. The van der Waals surface area contributed by atoms with E-state index >= 15 is 0 Å². The molecule has 1 N–H and O–H groups in total. The molecule has 6 heteroatoms. The minimum Gasteiger partial charge on any atom is -0.481 e. The van der Waals surface area contributed by atoms with E-state index in [4.69, 9.17) is 19.6 Å². The second-order valence-electron chi connectivity index (χ2n) is 5.09. The third-order valence-electron chi connectivity index (χ3n) is 3.27. The van der Waals surface area contributed by atoms with Gasteiger partial charge in [0.2, 0.25) is 0 Å². The fourth-order valence-electron chi connectivity index (χ4n) is 2.16. The van der Waals surface area contributed by atoms with E-state index in [1.54, 1.807) is 6.92 Å². The van der Waals surface area contributed by atoms with Gasteiger partial charge in [-0.2, -0.15) is 0 Å². The fourth-order valence-corrected chi connectivity index (χ4v) is 2.16. The van der Waals surface area contributed by atoms with Gasteiger partial charge in [-0.15, -0.1) is 0 Å². The minimum absolute atomic E-state index is 0.105. The van der Waals surface area contributed by atoms with Crippen LogP contribution in [0.3, 0.4) is 0 Å². The van der Waals surface area contributed by atoms with Crippen molar-refractivity contribution in [3.8, 4) is 0 Å². The summed E-state index contributed by atoms with van der Waals surface area (Å²) in [5.41, 5.74) is 0.341. The van der Waals surface area contributed by atoms with Crippen LogP contribution in [0.4, 0.5) is 0 Å². The summed E-state index contributed by atoms with van der Waals surface area (Å²) in [6, 6.07) is 0. The van der Waals surface area contributed by atoms with Crippen molar-refractivity contribution in [1.82, 2.24) is 0 Å². The zero-order chi connectivity index (χ0) is 15.0. The lowest BCUT2D eigenvalue weighted by Crippen LogP contribution is -2.25. The van der Waals surface area contributed by atoms with Gasteiger partial charge >= 0.3 is 11.9 Å². The number of aliphatic carboxylic acids is 1. The molecule has 6 nitrogen and oxygen atoms in total. The Morgan fingerprint density at radius 1 is 1.25 bits per heavy atom. The number of hydrogen-bond acceptors (Lipinski definition) is 5. The number of carbonyl (C=O) groups excluding carboxylic acids is 1. The molecule has 114 valence electrons. The molecule has 2 unspecified atom stereocenters. The Balaban J connectivity index is 2.05. The molecule has 1 fully saturated rings. The minimum atomic E-state index is -0.734. The van der Waals surface area contributed by atoms with Gasteiger partial charge in [0.15, 0.2) is 0 Å². The van der Waals surface area contributed by atoms with Crippen molar-refractivity contribution >= 4 is 11.9 Å². The highest BCUT2D eigenvalue weighted by Gasteiger charge is 2.27. The van der Waals surface area contributed by atoms with Crippen molar-refractivity contribution in [3.05, 3.63) is 12.2 Å². The van der Waals surface area contributed by atoms with E-state index in [0.29, 0.717) is 18.6 Å². The average molecular weight is 286 g/mol. The summed E-state index contributed by atoms with van der Waals surface area (Å²) in [7, 11) is 0. The molecule has 0 saturated heterocycles. The van der Waals surface area contributed by atoms with Crippen LogP contribution in [0.5, 0.6) is 0 Å². The standard InChI is InChI=1S/C14H22O6/c1-10(2)14(17)18-6-7-19-20-9-11-4-3-5-12(8-11)13(15)16/h11-12H,1,3-9H2,2H3,(H,15,16). The van der Waals surface area contributed by atoms with E-state index in [-0.39, 0.29) is 25.0 Å². The van der Waals surface area contributed by atoms with Gasteiger partial charge in [-0.1, -0.05) is 13.0 Å². The Labute approximate surface area is 118 Å². The Morgan fingerprint density at radius 2 is 2.00 bits per heavy atom. The summed E-state index contributed by atoms with van der Waals surface area (Å²) in [5, 5.41) is 8.97. The molecule has 0 aromatic rings. The van der Waals surface area contributed by atoms with Crippen LogP contribution in [-0.4, -0.2) is 36.9 Å². The van der Waals surface area contributed by atoms with Gasteiger partial charge in [0.05, 0.1) is 12.5 Å². The van der Waals surface area contributed by atoms with Crippen molar-refractivity contribution in [2.75, 3.05) is 19.8 Å². The van der Waals surface area contributed by atoms with E-state index in [1.165, 1.54) is 0 Å². The zero-order valence-electron chi connectivity index (χ0n) is 11.8. The van der Waals surface area contributed by atoms with E-state index in [9.17, 15) is 9.59 Å². The molecule has 20 heavy (non-hydrogen) atoms. The van der Waals surface area contributed by atoms with Crippen LogP contribution in [-0.2, 0) is 24.1 Å². The molecule has 0 heterocycles. The highest BCUT2D eigenvalue weighted by Crippen LogP contribution is 2.29. The maximum absolute atomic E-state index is 11.0. The highest BCUT2D eigenvalue weighted by molar-refractivity contribution is 5.86. The molecule has 1 rings (SSSR count). The smallest absolute Gasteiger partial charge is 0.333 e. The summed E-state index contributed by atoms with van der Waals surface area (Å²) in [6.45, 7) is 5.65. The van der Waals surface area contributed by atoms with Gasteiger partial charge in [-0.3, -0.25) is 4.79 Å². The van der Waals surface area contributed by atoms with Gasteiger partial charge in [-0.05, 0) is 32.1 Å². The highest BCUT2D eigenvalue weighted by atomic mass is 17.2. The predicted octanol–water partition coefficient (Wildman–Crippen LogP) is 1.94. The summed E-state index contributed by atoms with van der Waals surface area (Å²) >= 11 is 0. The molecular formula is C14H22O6. The third kappa shape index (κ3) is 6.16. The summed E-state index contributed by atoms with van der Waals surface area (Å²) < 4.78 is 4.82. The number of ether oxygens (including phenoxy) is 1. The zero-order valence-corrected chi connectivity index (χ0v) is 11.8. The first-order valence-electron chi connectivity index (χ1n) is 6.80. The molecule has 0 aromatic carbocycles. The number of hydrogen-bond donors (Lipinski definition) is 1. The SMILES string of the molecule is C=C(C)C(=O)OCCOOCC1CCCC(C(=O)O)C1. The first-order valence-corrected chi connectivity index (χ1v) is 6.80. The van der Waals surface area contributed by atoms with Crippen molar-refractivity contribution in [1.29, 1.82) is 0 Å². The lowest BCUT2D eigenvalue weighted by atomic mass is 9.82. The first kappa shape index (κ1) is 16.7. The van der Waals surface area contributed by atoms with Gasteiger partial charge in [0, 0.05) is 5.57 Å². The molecule has 0 bridgehead atoms. The second-order valence-corrected chi connectivity index (χ2v) is 5.09. The molecule has 1 aliphatic carbocycles. The van der Waals surface area contributed by atoms with Crippen molar-refractivity contribution in [2.45, 2.75) is 32.6 Å². The van der Waals surface area contributed by atoms with Gasteiger partial charge in [0.25, 0.3) is 0 Å². The summed E-state index contributed by atoms with van der Waals surface area (Å²) in [4.78, 5) is 31.9. The molecule has 0 spiro atoms. The molecular weight excluding hydrogens is 264 g/mol. The summed E-state index contributed by atoms with van der Waals surface area (Å²) in [5.74, 6) is -1.25. The quantitative estimate of drug-likeness (QED) is 0.241. The van der Waals surface area contributed by atoms with Crippen LogP contribution >= 0.6 is 0 Å². The number of esters is 1. The molecule has 1 saturated carbocycles. The van der Waals surface area contributed by atoms with E-state index in [1.807, 2.05) is 0 Å². The Kier molecular flexibility index (Phi) is 7.25.